The van der Waals surface area contributed by atoms with Gasteiger partial charge >= 0.3 is 0 Å². The van der Waals surface area contributed by atoms with Crippen LogP contribution in [0.4, 0.5) is 0 Å². The predicted octanol–water partition coefficient (Wildman–Crippen LogP) is 2.51. The zero-order chi connectivity index (χ0) is 13.9. The lowest BCUT2D eigenvalue weighted by Crippen LogP contribution is -2.14. The Bertz CT molecular complexity index is 621. The van der Waals surface area contributed by atoms with Crippen molar-refractivity contribution < 1.29 is 9.26 Å². The van der Waals surface area contributed by atoms with Crippen LogP contribution in [0.25, 0.3) is 11.4 Å². The number of hydrogen-bond donors (Lipinski definition) is 1. The number of ether oxygens (including phenoxy) is 1. The lowest BCUT2D eigenvalue weighted by atomic mass is 10.1. The molecule has 2 atom stereocenters. The lowest BCUT2D eigenvalue weighted by molar-refractivity contribution is 0.340. The van der Waals surface area contributed by atoms with Crippen LogP contribution in [0, 0.1) is 0 Å². The molecule has 0 aliphatic heterocycles. The largest absolute Gasteiger partial charge is 0.494 e. The number of benzene rings is 1. The van der Waals surface area contributed by atoms with Crippen molar-refractivity contribution in [2.45, 2.75) is 25.3 Å². The van der Waals surface area contributed by atoms with Gasteiger partial charge in [-0.3, -0.25) is 0 Å². The summed E-state index contributed by atoms with van der Waals surface area (Å²) in [6.07, 6.45) is 4.82. The second kappa shape index (κ2) is 5.46. The van der Waals surface area contributed by atoms with E-state index < -0.39 is 0 Å². The molecule has 0 spiro atoms. The molecule has 0 bridgehead atoms. The van der Waals surface area contributed by atoms with Gasteiger partial charge in [-0.1, -0.05) is 29.4 Å². The Morgan fingerprint density at radius 3 is 3.05 bits per heavy atom. The van der Waals surface area contributed by atoms with Crippen LogP contribution in [0.2, 0.25) is 0 Å². The van der Waals surface area contributed by atoms with Gasteiger partial charge in [0.2, 0.25) is 11.7 Å². The fourth-order valence-electron chi connectivity index (χ4n) is 2.31. The van der Waals surface area contributed by atoms with Gasteiger partial charge in [0.25, 0.3) is 0 Å². The zero-order valence-electron chi connectivity index (χ0n) is 11.3. The molecule has 1 aromatic heterocycles. The molecule has 0 radical (unpaired) electrons. The van der Waals surface area contributed by atoms with E-state index in [1.165, 1.54) is 0 Å². The highest BCUT2D eigenvalue weighted by Gasteiger charge is 2.23. The molecule has 2 aromatic rings. The van der Waals surface area contributed by atoms with E-state index in [1.807, 2.05) is 43.3 Å². The summed E-state index contributed by atoms with van der Waals surface area (Å²) in [5.41, 5.74) is 6.73. The average Bonchev–Trinajstić information content (AvgIpc) is 3.08. The van der Waals surface area contributed by atoms with Gasteiger partial charge in [-0.05, 0) is 25.5 Å². The Labute approximate surface area is 117 Å². The standard InChI is InChI=1S/C15H17N3O2/c1-2-19-13-5-3-4-10(9-13)14-17-15(20-18-14)11-6-7-12(16)8-11/h3-7,9,11-12H,2,8,16H2,1H3. The molecule has 5 heteroatoms. The van der Waals surface area contributed by atoms with E-state index in [-0.39, 0.29) is 12.0 Å². The molecule has 0 saturated heterocycles. The average molecular weight is 271 g/mol. The first-order valence-corrected chi connectivity index (χ1v) is 6.77. The van der Waals surface area contributed by atoms with Crippen molar-refractivity contribution in [2.75, 3.05) is 6.61 Å². The van der Waals surface area contributed by atoms with Crippen LogP contribution in [-0.2, 0) is 0 Å². The molecule has 0 amide bonds. The number of hydrogen-bond acceptors (Lipinski definition) is 5. The third-order valence-electron chi connectivity index (χ3n) is 3.28. The summed E-state index contributed by atoms with van der Waals surface area (Å²) < 4.78 is 10.8. The normalized spacial score (nSPS) is 21.3. The summed E-state index contributed by atoms with van der Waals surface area (Å²) in [7, 11) is 0. The molecule has 1 aromatic carbocycles. The van der Waals surface area contributed by atoms with E-state index in [9.17, 15) is 0 Å². The minimum Gasteiger partial charge on any atom is -0.494 e. The maximum absolute atomic E-state index is 5.84. The summed E-state index contributed by atoms with van der Waals surface area (Å²) >= 11 is 0. The van der Waals surface area contributed by atoms with Gasteiger partial charge in [-0.25, -0.2) is 0 Å². The van der Waals surface area contributed by atoms with E-state index in [0.29, 0.717) is 18.3 Å². The minimum absolute atomic E-state index is 0.0802. The summed E-state index contributed by atoms with van der Waals surface area (Å²) in [6, 6.07) is 7.76. The topological polar surface area (TPSA) is 74.2 Å². The van der Waals surface area contributed by atoms with Gasteiger partial charge in [0.1, 0.15) is 5.75 Å². The molecule has 0 saturated carbocycles. The van der Waals surface area contributed by atoms with Crippen molar-refractivity contribution in [1.82, 2.24) is 10.1 Å². The van der Waals surface area contributed by atoms with Crippen LogP contribution in [0.15, 0.2) is 40.9 Å². The Hall–Kier alpha value is -2.14. The van der Waals surface area contributed by atoms with Gasteiger partial charge in [-0.15, -0.1) is 0 Å². The fraction of sp³-hybridized carbons (Fsp3) is 0.333. The molecule has 1 heterocycles. The van der Waals surface area contributed by atoms with E-state index in [4.69, 9.17) is 15.0 Å². The predicted molar refractivity (Wildman–Crippen MR) is 75.4 cm³/mol. The first kappa shape index (κ1) is 12.9. The van der Waals surface area contributed by atoms with E-state index in [2.05, 4.69) is 10.1 Å². The highest BCUT2D eigenvalue weighted by atomic mass is 16.5. The summed E-state index contributed by atoms with van der Waals surface area (Å²) in [5.74, 6) is 2.13. The van der Waals surface area contributed by atoms with Gasteiger partial charge in [0.15, 0.2) is 0 Å². The highest BCUT2D eigenvalue weighted by Crippen LogP contribution is 2.29. The number of aromatic nitrogens is 2. The van der Waals surface area contributed by atoms with Crippen molar-refractivity contribution in [3.8, 4) is 17.1 Å². The summed E-state index contributed by atoms with van der Waals surface area (Å²) in [6.45, 7) is 2.58. The monoisotopic (exact) mass is 271 g/mol. The SMILES string of the molecule is CCOc1cccc(-c2noc(C3C=CC(N)C3)n2)c1. The van der Waals surface area contributed by atoms with E-state index in [1.54, 1.807) is 0 Å². The summed E-state index contributed by atoms with van der Waals surface area (Å²) in [4.78, 5) is 4.46. The van der Waals surface area contributed by atoms with Crippen LogP contribution >= 0.6 is 0 Å². The minimum atomic E-state index is 0.0802. The Kier molecular flexibility index (Phi) is 3.52. The number of nitrogens with two attached hydrogens (primary N) is 1. The maximum Gasteiger partial charge on any atom is 0.233 e. The van der Waals surface area contributed by atoms with Crippen LogP contribution in [0.3, 0.4) is 0 Å². The lowest BCUT2D eigenvalue weighted by Gasteiger charge is -2.03. The van der Waals surface area contributed by atoms with Crippen molar-refractivity contribution >= 4 is 0 Å². The fourth-order valence-corrected chi connectivity index (χ4v) is 2.31. The Balaban J connectivity index is 1.83. The van der Waals surface area contributed by atoms with Gasteiger partial charge < -0.3 is 15.0 Å². The van der Waals surface area contributed by atoms with Gasteiger partial charge in [0, 0.05) is 11.6 Å². The Morgan fingerprint density at radius 1 is 1.40 bits per heavy atom. The third kappa shape index (κ3) is 2.58. The molecule has 3 rings (SSSR count). The molecule has 104 valence electrons. The molecule has 2 unspecified atom stereocenters. The molecular formula is C15H17N3O2. The second-order valence-corrected chi connectivity index (χ2v) is 4.81. The first-order valence-electron chi connectivity index (χ1n) is 6.77. The third-order valence-corrected chi connectivity index (χ3v) is 3.28. The molecule has 20 heavy (non-hydrogen) atoms. The van der Waals surface area contributed by atoms with E-state index in [0.717, 1.165) is 17.7 Å². The maximum atomic E-state index is 5.84. The van der Waals surface area contributed by atoms with Crippen LogP contribution in [-0.4, -0.2) is 22.8 Å². The quantitative estimate of drug-likeness (QED) is 0.865. The van der Waals surface area contributed by atoms with Crippen molar-refractivity contribution in [3.05, 3.63) is 42.3 Å². The molecule has 1 aliphatic rings. The Morgan fingerprint density at radius 2 is 2.30 bits per heavy atom. The van der Waals surface area contributed by atoms with Crippen LogP contribution in [0.5, 0.6) is 5.75 Å². The molecule has 0 fully saturated rings. The molecule has 2 N–H and O–H groups in total. The highest BCUT2D eigenvalue weighted by molar-refractivity contribution is 5.56. The van der Waals surface area contributed by atoms with Crippen molar-refractivity contribution in [1.29, 1.82) is 0 Å². The van der Waals surface area contributed by atoms with E-state index >= 15 is 0 Å². The number of allylic oxidation sites excluding steroid dienone is 1. The zero-order valence-corrected chi connectivity index (χ0v) is 11.3. The number of nitrogens with zero attached hydrogens (tertiary/aromatic N) is 2. The molecule has 5 nitrogen and oxygen atoms in total. The van der Waals surface area contributed by atoms with Gasteiger partial charge in [0.05, 0.1) is 12.5 Å². The van der Waals surface area contributed by atoms with Crippen LogP contribution in [0.1, 0.15) is 25.2 Å². The van der Waals surface area contributed by atoms with Crippen molar-refractivity contribution in [2.24, 2.45) is 5.73 Å². The number of rotatable bonds is 4. The second-order valence-electron chi connectivity index (χ2n) is 4.81. The van der Waals surface area contributed by atoms with Crippen LogP contribution < -0.4 is 10.5 Å². The molecule has 1 aliphatic carbocycles. The summed E-state index contributed by atoms with van der Waals surface area (Å²) in [5, 5.41) is 4.04. The van der Waals surface area contributed by atoms with Crippen molar-refractivity contribution in [3.63, 3.8) is 0 Å². The first-order chi connectivity index (χ1) is 9.76. The van der Waals surface area contributed by atoms with Gasteiger partial charge in [-0.2, -0.15) is 4.98 Å². The smallest absolute Gasteiger partial charge is 0.233 e. The molecular weight excluding hydrogens is 254 g/mol.